The molecule has 5 nitrogen and oxygen atoms in total. The van der Waals surface area contributed by atoms with Gasteiger partial charge in [0.2, 0.25) is 0 Å². The van der Waals surface area contributed by atoms with E-state index in [1.807, 2.05) is 0 Å². The molecular formula is C12H13ClN2O3. The van der Waals surface area contributed by atoms with E-state index >= 15 is 0 Å². The number of amides is 1. The van der Waals surface area contributed by atoms with Crippen molar-refractivity contribution < 1.29 is 9.72 Å². The van der Waals surface area contributed by atoms with Crippen LogP contribution in [0.15, 0.2) is 18.2 Å². The molecule has 0 saturated heterocycles. The van der Waals surface area contributed by atoms with Crippen molar-refractivity contribution in [2.45, 2.75) is 25.3 Å². The van der Waals surface area contributed by atoms with E-state index in [2.05, 4.69) is 0 Å². The quantitative estimate of drug-likeness (QED) is 0.625. The smallest absolute Gasteiger partial charge is 0.288 e. The van der Waals surface area contributed by atoms with Crippen molar-refractivity contribution in [3.63, 3.8) is 0 Å². The number of hydrogen-bond acceptors (Lipinski definition) is 3. The van der Waals surface area contributed by atoms with Crippen LogP contribution in [0.25, 0.3) is 0 Å². The fourth-order valence-electron chi connectivity index (χ4n) is 1.96. The lowest BCUT2D eigenvalue weighted by atomic mass is 9.91. The Morgan fingerprint density at radius 2 is 2.17 bits per heavy atom. The van der Waals surface area contributed by atoms with Crippen LogP contribution in [-0.4, -0.2) is 28.8 Å². The summed E-state index contributed by atoms with van der Waals surface area (Å²) in [5, 5.41) is 10.7. The van der Waals surface area contributed by atoms with Crippen molar-refractivity contribution in [3.05, 3.63) is 38.9 Å². The lowest BCUT2D eigenvalue weighted by molar-refractivity contribution is -0.384. The number of rotatable bonds is 3. The van der Waals surface area contributed by atoms with E-state index in [9.17, 15) is 14.9 Å². The van der Waals surface area contributed by atoms with Crippen molar-refractivity contribution in [2.24, 2.45) is 0 Å². The summed E-state index contributed by atoms with van der Waals surface area (Å²) in [6, 6.07) is 4.52. The molecule has 0 aliphatic heterocycles. The molecule has 0 N–H and O–H groups in total. The molecule has 0 atom stereocenters. The van der Waals surface area contributed by atoms with Crippen LogP contribution in [-0.2, 0) is 0 Å². The van der Waals surface area contributed by atoms with E-state index in [0.29, 0.717) is 0 Å². The Morgan fingerprint density at radius 1 is 1.50 bits per heavy atom. The zero-order chi connectivity index (χ0) is 13.3. The van der Waals surface area contributed by atoms with E-state index in [4.69, 9.17) is 11.6 Å². The summed E-state index contributed by atoms with van der Waals surface area (Å²) >= 11 is 5.92. The van der Waals surface area contributed by atoms with Gasteiger partial charge in [-0.25, -0.2) is 0 Å². The summed E-state index contributed by atoms with van der Waals surface area (Å²) in [6.45, 7) is 0. The molecule has 0 bridgehead atoms. The molecule has 1 fully saturated rings. The first kappa shape index (κ1) is 12.8. The van der Waals surface area contributed by atoms with Crippen molar-refractivity contribution in [1.29, 1.82) is 0 Å². The molecule has 0 heterocycles. The molecule has 0 spiro atoms. The van der Waals surface area contributed by atoms with Crippen LogP contribution in [0, 0.1) is 10.1 Å². The second-order valence-electron chi connectivity index (χ2n) is 4.40. The molecule has 1 saturated carbocycles. The fourth-order valence-corrected chi connectivity index (χ4v) is 2.23. The van der Waals surface area contributed by atoms with Gasteiger partial charge in [-0.15, -0.1) is 0 Å². The normalized spacial score (nSPS) is 15.0. The predicted molar refractivity (Wildman–Crippen MR) is 67.8 cm³/mol. The molecule has 0 radical (unpaired) electrons. The zero-order valence-corrected chi connectivity index (χ0v) is 10.7. The van der Waals surface area contributed by atoms with Crippen molar-refractivity contribution in [1.82, 2.24) is 4.90 Å². The molecule has 1 amide bonds. The lowest BCUT2D eigenvalue weighted by Gasteiger charge is -2.34. The number of nitrogens with zero attached hydrogens (tertiary/aromatic N) is 2. The van der Waals surface area contributed by atoms with Gasteiger partial charge >= 0.3 is 0 Å². The predicted octanol–water partition coefficient (Wildman–Crippen LogP) is 2.87. The van der Waals surface area contributed by atoms with Crippen molar-refractivity contribution in [3.8, 4) is 0 Å². The average molecular weight is 269 g/mol. The van der Waals surface area contributed by atoms with Gasteiger partial charge in [0.15, 0.2) is 0 Å². The largest absolute Gasteiger partial charge is 0.339 e. The van der Waals surface area contributed by atoms with Crippen LogP contribution < -0.4 is 0 Å². The second kappa shape index (κ2) is 4.94. The number of nitro groups is 1. The second-order valence-corrected chi connectivity index (χ2v) is 4.77. The highest BCUT2D eigenvalue weighted by Gasteiger charge is 2.29. The molecule has 0 unspecified atom stereocenters. The highest BCUT2D eigenvalue weighted by atomic mass is 35.5. The topological polar surface area (TPSA) is 63.5 Å². The molecule has 2 rings (SSSR count). The maximum Gasteiger partial charge on any atom is 0.288 e. The highest BCUT2D eigenvalue weighted by molar-refractivity contribution is 6.35. The first-order valence-corrected chi connectivity index (χ1v) is 6.10. The van der Waals surface area contributed by atoms with Crippen LogP contribution in [0.4, 0.5) is 5.69 Å². The van der Waals surface area contributed by atoms with Gasteiger partial charge < -0.3 is 4.90 Å². The maximum absolute atomic E-state index is 12.2. The third-order valence-electron chi connectivity index (χ3n) is 3.35. The molecule has 96 valence electrons. The Morgan fingerprint density at radius 3 is 2.67 bits per heavy atom. The van der Waals surface area contributed by atoms with Crippen LogP contribution in [0.2, 0.25) is 5.02 Å². The van der Waals surface area contributed by atoms with E-state index in [1.165, 1.54) is 18.2 Å². The fraction of sp³-hybridized carbons (Fsp3) is 0.417. The van der Waals surface area contributed by atoms with Gasteiger partial charge in [-0.05, 0) is 25.3 Å². The molecule has 1 aliphatic rings. The Labute approximate surface area is 109 Å². The van der Waals surface area contributed by atoms with Gasteiger partial charge in [-0.1, -0.05) is 17.7 Å². The number of halogens is 1. The summed E-state index contributed by atoms with van der Waals surface area (Å²) in [4.78, 5) is 24.0. The molecule has 1 aromatic rings. The van der Waals surface area contributed by atoms with Gasteiger partial charge in [0.05, 0.1) is 10.5 Å². The van der Waals surface area contributed by atoms with Crippen LogP contribution in [0.3, 0.4) is 0 Å². The summed E-state index contributed by atoms with van der Waals surface area (Å²) in [6.07, 6.45) is 3.08. The van der Waals surface area contributed by atoms with Gasteiger partial charge in [-0.2, -0.15) is 0 Å². The van der Waals surface area contributed by atoms with Gasteiger partial charge in [-0.3, -0.25) is 14.9 Å². The van der Waals surface area contributed by atoms with Gasteiger partial charge in [0, 0.05) is 19.2 Å². The molecule has 18 heavy (non-hydrogen) atoms. The van der Waals surface area contributed by atoms with Crippen LogP contribution >= 0.6 is 11.6 Å². The average Bonchev–Trinajstić information content (AvgIpc) is 2.25. The Bertz CT molecular complexity index is 500. The number of carbonyl (C=O) groups is 1. The maximum atomic E-state index is 12.2. The summed E-state index contributed by atoms with van der Waals surface area (Å²) < 4.78 is 0. The van der Waals surface area contributed by atoms with E-state index in [1.54, 1.807) is 11.9 Å². The lowest BCUT2D eigenvalue weighted by Crippen LogP contribution is -2.41. The number of hydrogen-bond donors (Lipinski definition) is 0. The molecule has 0 aromatic heterocycles. The number of nitro benzene ring substituents is 1. The van der Waals surface area contributed by atoms with Crippen molar-refractivity contribution in [2.75, 3.05) is 7.05 Å². The summed E-state index contributed by atoms with van der Waals surface area (Å²) in [5.41, 5.74) is -0.0372. The monoisotopic (exact) mass is 268 g/mol. The van der Waals surface area contributed by atoms with Crippen molar-refractivity contribution >= 4 is 23.2 Å². The van der Waals surface area contributed by atoms with Crippen LogP contribution in [0.5, 0.6) is 0 Å². The van der Waals surface area contributed by atoms with E-state index in [0.717, 1.165) is 19.3 Å². The first-order chi connectivity index (χ1) is 8.52. The minimum absolute atomic E-state index is 0.0846. The third kappa shape index (κ3) is 2.18. The molecular weight excluding hydrogens is 256 g/mol. The number of benzene rings is 1. The Kier molecular flexibility index (Phi) is 3.52. The SMILES string of the molecule is CN(C(=O)c1cccc([N+](=O)[O-])c1Cl)C1CCC1. The van der Waals surface area contributed by atoms with Crippen LogP contribution in [0.1, 0.15) is 29.6 Å². The minimum Gasteiger partial charge on any atom is -0.339 e. The molecule has 1 aromatic carbocycles. The third-order valence-corrected chi connectivity index (χ3v) is 3.75. The summed E-state index contributed by atoms with van der Waals surface area (Å²) in [7, 11) is 1.71. The minimum atomic E-state index is -0.581. The Balaban J connectivity index is 2.30. The first-order valence-electron chi connectivity index (χ1n) is 5.72. The molecule has 6 heteroatoms. The molecule has 1 aliphatic carbocycles. The Hall–Kier alpha value is -1.62. The standard InChI is InChI=1S/C12H13ClN2O3/c1-14(8-4-2-5-8)12(16)9-6-3-7-10(11(9)13)15(17)18/h3,6-8H,2,4-5H2,1H3. The van der Waals surface area contributed by atoms with Gasteiger partial charge in [0.1, 0.15) is 5.02 Å². The number of carbonyl (C=O) groups excluding carboxylic acids is 1. The summed E-state index contributed by atoms with van der Waals surface area (Å²) in [5.74, 6) is -0.256. The highest BCUT2D eigenvalue weighted by Crippen LogP contribution is 2.31. The van der Waals surface area contributed by atoms with E-state index < -0.39 is 4.92 Å². The van der Waals surface area contributed by atoms with Gasteiger partial charge in [0.25, 0.3) is 11.6 Å². The van der Waals surface area contributed by atoms with E-state index in [-0.39, 0.29) is 28.2 Å². The zero-order valence-electron chi connectivity index (χ0n) is 9.93.